The van der Waals surface area contributed by atoms with Crippen molar-refractivity contribution in [3.05, 3.63) is 93.0 Å². The van der Waals surface area contributed by atoms with E-state index in [0.717, 1.165) is 36.7 Å². The summed E-state index contributed by atoms with van der Waals surface area (Å²) in [6, 6.07) is 17.3. The van der Waals surface area contributed by atoms with E-state index in [4.69, 9.17) is 16.0 Å². The molecule has 1 atom stereocenters. The van der Waals surface area contributed by atoms with Crippen LogP contribution < -0.4 is 9.80 Å². The van der Waals surface area contributed by atoms with E-state index in [1.807, 2.05) is 41.8 Å². The molecule has 0 saturated carbocycles. The Labute approximate surface area is 222 Å². The lowest BCUT2D eigenvalue weighted by Crippen LogP contribution is -2.44. The molecule has 4 heterocycles. The molecule has 1 amide bonds. The summed E-state index contributed by atoms with van der Waals surface area (Å²) in [7, 11) is 2.11. The number of ketones is 1. The third-order valence-corrected chi connectivity index (χ3v) is 8.12. The molecule has 2 aliphatic heterocycles. The van der Waals surface area contributed by atoms with Gasteiger partial charge in [0.25, 0.3) is 5.91 Å². The molecule has 0 aliphatic carbocycles. The minimum absolute atomic E-state index is 0.000692. The zero-order valence-electron chi connectivity index (χ0n) is 20.1. The lowest BCUT2D eigenvalue weighted by Gasteiger charge is -2.34. The van der Waals surface area contributed by atoms with Gasteiger partial charge < -0.3 is 19.3 Å². The maximum absolute atomic E-state index is 13.7. The van der Waals surface area contributed by atoms with E-state index in [2.05, 4.69) is 16.8 Å². The van der Waals surface area contributed by atoms with E-state index in [9.17, 15) is 14.7 Å². The van der Waals surface area contributed by atoms with E-state index in [0.29, 0.717) is 21.7 Å². The predicted molar refractivity (Wildman–Crippen MR) is 146 cm³/mol. The molecule has 4 aromatic rings. The van der Waals surface area contributed by atoms with E-state index in [1.54, 1.807) is 24.3 Å². The number of amides is 1. The number of hydrogen-bond acceptors (Lipinski definition) is 7. The number of halogens is 1. The van der Waals surface area contributed by atoms with Gasteiger partial charge in [-0.3, -0.25) is 14.5 Å². The van der Waals surface area contributed by atoms with Crippen molar-refractivity contribution in [2.24, 2.45) is 0 Å². The van der Waals surface area contributed by atoms with Crippen molar-refractivity contribution in [3.8, 4) is 0 Å². The molecule has 1 saturated heterocycles. The highest BCUT2D eigenvalue weighted by Crippen LogP contribution is 2.44. The van der Waals surface area contributed by atoms with E-state index in [1.165, 1.54) is 16.2 Å². The van der Waals surface area contributed by atoms with Crippen LogP contribution in [0.3, 0.4) is 0 Å². The molecule has 6 rings (SSSR count). The van der Waals surface area contributed by atoms with Gasteiger partial charge in [0.2, 0.25) is 5.78 Å². The van der Waals surface area contributed by atoms with Crippen LogP contribution in [0.15, 0.2) is 81.8 Å². The van der Waals surface area contributed by atoms with Crippen LogP contribution in [0, 0.1) is 0 Å². The Kier molecular flexibility index (Phi) is 6.03. The summed E-state index contributed by atoms with van der Waals surface area (Å²) in [4.78, 5) is 34.0. The highest BCUT2D eigenvalue weighted by Gasteiger charge is 2.45. The molecule has 1 N–H and O–H groups in total. The zero-order chi connectivity index (χ0) is 25.7. The number of thiophene rings is 1. The third kappa shape index (κ3) is 4.21. The maximum Gasteiger partial charge on any atom is 0.294 e. The molecule has 0 spiro atoms. The first-order valence-electron chi connectivity index (χ1n) is 12.0. The number of hydrogen-bond donors (Lipinski definition) is 1. The normalized spacial score (nSPS) is 18.9. The summed E-state index contributed by atoms with van der Waals surface area (Å²) < 4.78 is 5.79. The average Bonchev–Trinajstić information content (AvgIpc) is 3.63. The van der Waals surface area contributed by atoms with E-state index in [-0.39, 0.29) is 11.3 Å². The average molecular weight is 534 g/mol. The molecular formula is C28H24ClN3O4S. The number of carbonyl (C=O) groups is 2. The van der Waals surface area contributed by atoms with Gasteiger partial charge in [-0.2, -0.15) is 0 Å². The van der Waals surface area contributed by atoms with Gasteiger partial charge in [0.1, 0.15) is 11.6 Å². The smallest absolute Gasteiger partial charge is 0.294 e. The third-order valence-electron chi connectivity index (χ3n) is 6.96. The van der Waals surface area contributed by atoms with Crippen molar-refractivity contribution in [2.75, 3.05) is 43.0 Å². The number of aliphatic hydroxyl groups is 1. The first-order chi connectivity index (χ1) is 17.9. The summed E-state index contributed by atoms with van der Waals surface area (Å²) in [5, 5.41) is 14.1. The summed E-state index contributed by atoms with van der Waals surface area (Å²) in [5.74, 6) is -1.67. The molecule has 2 aromatic heterocycles. The van der Waals surface area contributed by atoms with Crippen LogP contribution in [0.1, 0.15) is 21.5 Å². The summed E-state index contributed by atoms with van der Waals surface area (Å²) in [5.41, 5.74) is 2.18. The molecule has 1 unspecified atom stereocenters. The number of carbonyl (C=O) groups excluding carboxylic acids is 2. The zero-order valence-corrected chi connectivity index (χ0v) is 21.6. The van der Waals surface area contributed by atoms with Crippen molar-refractivity contribution in [1.82, 2.24) is 4.90 Å². The highest BCUT2D eigenvalue weighted by atomic mass is 35.5. The molecule has 37 heavy (non-hydrogen) atoms. The Balaban J connectivity index is 1.36. The van der Waals surface area contributed by atoms with Crippen molar-refractivity contribution in [1.29, 1.82) is 0 Å². The fourth-order valence-corrected chi connectivity index (χ4v) is 5.97. The molecule has 0 radical (unpaired) electrons. The van der Waals surface area contributed by atoms with Gasteiger partial charge in [-0.25, -0.2) is 0 Å². The first kappa shape index (κ1) is 23.8. The summed E-state index contributed by atoms with van der Waals surface area (Å²) >= 11 is 7.51. The van der Waals surface area contributed by atoms with Gasteiger partial charge >= 0.3 is 0 Å². The van der Waals surface area contributed by atoms with Crippen molar-refractivity contribution >= 4 is 57.0 Å². The van der Waals surface area contributed by atoms with Gasteiger partial charge in [0.15, 0.2) is 11.5 Å². The number of rotatable bonds is 5. The lowest BCUT2D eigenvalue weighted by atomic mass is 10.00. The Bertz CT molecular complexity index is 1520. The van der Waals surface area contributed by atoms with Crippen molar-refractivity contribution < 1.29 is 19.1 Å². The minimum Gasteiger partial charge on any atom is -0.503 e. The fraction of sp³-hybridized carbons (Fsp3) is 0.214. The number of fused-ring (bicyclic) bond motifs is 1. The number of aliphatic hydroxyl groups excluding tert-OH is 1. The van der Waals surface area contributed by atoms with Crippen LogP contribution in [0.4, 0.5) is 11.4 Å². The molecule has 188 valence electrons. The first-order valence-corrected chi connectivity index (χ1v) is 13.2. The van der Waals surface area contributed by atoms with Crippen LogP contribution in [-0.4, -0.2) is 54.9 Å². The minimum atomic E-state index is -0.772. The van der Waals surface area contributed by atoms with Crippen molar-refractivity contribution in [3.63, 3.8) is 0 Å². The quantitative estimate of drug-likeness (QED) is 0.332. The second kappa shape index (κ2) is 9.37. The van der Waals surface area contributed by atoms with Gasteiger partial charge in [-0.05, 0) is 67.0 Å². The predicted octanol–water partition coefficient (Wildman–Crippen LogP) is 5.68. The highest BCUT2D eigenvalue weighted by molar-refractivity contribution is 7.10. The molecule has 1 fully saturated rings. The van der Waals surface area contributed by atoms with Gasteiger partial charge in [-0.15, -0.1) is 11.3 Å². The Hall–Kier alpha value is -3.59. The number of Topliss-reactive ketones (excluding diaryl/α,β-unsaturated/α-hetero) is 1. The fourth-order valence-electron chi connectivity index (χ4n) is 4.97. The molecule has 7 nitrogen and oxygen atoms in total. The number of likely N-dealkylation sites (N-methyl/N-ethyl adjacent to an activating group) is 1. The number of piperazine rings is 1. The van der Waals surface area contributed by atoms with Crippen LogP contribution >= 0.6 is 22.9 Å². The Morgan fingerprint density at radius 3 is 2.46 bits per heavy atom. The number of benzene rings is 2. The van der Waals surface area contributed by atoms with E-state index < -0.39 is 23.5 Å². The molecule has 2 aromatic carbocycles. The molecule has 9 heteroatoms. The number of nitrogens with zero attached hydrogens (tertiary/aromatic N) is 3. The van der Waals surface area contributed by atoms with Gasteiger partial charge in [0, 0.05) is 52.8 Å². The van der Waals surface area contributed by atoms with Gasteiger partial charge in [-0.1, -0.05) is 17.7 Å². The van der Waals surface area contributed by atoms with Gasteiger partial charge in [0.05, 0.1) is 5.57 Å². The second-order valence-corrected chi connectivity index (χ2v) is 10.7. The van der Waals surface area contributed by atoms with Crippen LogP contribution in [0.2, 0.25) is 5.02 Å². The van der Waals surface area contributed by atoms with Crippen LogP contribution in [-0.2, 0) is 4.79 Å². The number of furan rings is 1. The topological polar surface area (TPSA) is 77.2 Å². The van der Waals surface area contributed by atoms with Crippen molar-refractivity contribution in [2.45, 2.75) is 6.04 Å². The molecular weight excluding hydrogens is 510 g/mol. The van der Waals surface area contributed by atoms with E-state index >= 15 is 0 Å². The lowest BCUT2D eigenvalue weighted by molar-refractivity contribution is -0.117. The molecule has 0 bridgehead atoms. The SMILES string of the molecule is CN1CCN(c2ccc(N3C(=O)C(O)=C(C(=O)c4cc5cc(Cl)ccc5o4)C3c3cccs3)cc2)CC1. The van der Waals surface area contributed by atoms with Crippen LogP contribution in [0.25, 0.3) is 11.0 Å². The largest absolute Gasteiger partial charge is 0.503 e. The monoisotopic (exact) mass is 533 g/mol. The maximum atomic E-state index is 13.7. The standard InChI is InChI=1S/C28H24ClN3O4S/c1-30-10-12-31(13-11-30)19-5-7-20(8-6-19)32-25(23-3-2-14-37-23)24(27(34)28(32)35)26(33)22-16-17-15-18(29)4-9-21(17)36-22/h2-9,14-16,25,34H,10-13H2,1H3. The number of anilines is 2. The summed E-state index contributed by atoms with van der Waals surface area (Å²) in [6.45, 7) is 3.84. The Morgan fingerprint density at radius 2 is 1.76 bits per heavy atom. The molecule has 2 aliphatic rings. The summed E-state index contributed by atoms with van der Waals surface area (Å²) in [6.07, 6.45) is 0. The van der Waals surface area contributed by atoms with Crippen LogP contribution in [0.5, 0.6) is 0 Å². The Morgan fingerprint density at radius 1 is 1.03 bits per heavy atom. The second-order valence-electron chi connectivity index (χ2n) is 9.28.